The van der Waals surface area contributed by atoms with Gasteiger partial charge in [-0.1, -0.05) is 0 Å². The molecule has 0 aromatic heterocycles. The molecular formula is H12O4P2Zn. The molecule has 0 heterocycles. The smallest absolute Gasteiger partial charge is 2.00 e. The van der Waals surface area contributed by atoms with Gasteiger partial charge in [0.2, 0.25) is 0 Å². The maximum Gasteiger partial charge on any atom is 2.00 e. The Hall–Kier alpha value is 1.32. The summed E-state index contributed by atoms with van der Waals surface area (Å²) in [6, 6.07) is 0. The van der Waals surface area contributed by atoms with Crippen molar-refractivity contribution in [1.29, 1.82) is 0 Å². The molecule has 0 fully saturated rings. The molecule has 0 radical (unpaired) electrons. The molecule has 7 heteroatoms. The summed E-state index contributed by atoms with van der Waals surface area (Å²) in [5.74, 6) is 0. The number of hydrogen-bond acceptors (Lipinski definition) is 0. The predicted octanol–water partition coefficient (Wildman–Crippen LogP) is -2.48. The van der Waals surface area contributed by atoms with Gasteiger partial charge in [-0.05, 0) is 0 Å². The molecule has 48 valence electrons. The number of rotatable bonds is 0. The van der Waals surface area contributed by atoms with Gasteiger partial charge in [-0.3, -0.25) is 0 Å². The van der Waals surface area contributed by atoms with E-state index in [0.717, 1.165) is 0 Å². The van der Waals surface area contributed by atoms with Crippen molar-refractivity contribution in [2.75, 3.05) is 0 Å². The van der Waals surface area contributed by atoms with Gasteiger partial charge in [-0.2, -0.15) is 19.8 Å². The van der Waals surface area contributed by atoms with E-state index in [1.807, 2.05) is 0 Å². The first kappa shape index (κ1) is 255. The first-order chi connectivity index (χ1) is 0. The normalized spacial score (nSPS) is 0. The molecule has 2 atom stereocenters. The van der Waals surface area contributed by atoms with E-state index in [2.05, 4.69) is 0 Å². The van der Waals surface area contributed by atoms with Crippen molar-refractivity contribution < 1.29 is 41.4 Å². The van der Waals surface area contributed by atoms with Crippen LogP contribution in [0.4, 0.5) is 0 Å². The second-order valence-corrected chi connectivity index (χ2v) is 0. The van der Waals surface area contributed by atoms with Gasteiger partial charge < -0.3 is 21.9 Å². The van der Waals surface area contributed by atoms with Crippen molar-refractivity contribution in [2.45, 2.75) is 0 Å². The van der Waals surface area contributed by atoms with Gasteiger partial charge >= 0.3 is 19.5 Å². The van der Waals surface area contributed by atoms with Gasteiger partial charge in [-0.25, -0.2) is 0 Å². The third-order valence-electron chi connectivity index (χ3n) is 0. The fraction of sp³-hybridized carbons (Fsp3) is 0. The summed E-state index contributed by atoms with van der Waals surface area (Å²) in [7, 11) is 0. The van der Waals surface area contributed by atoms with E-state index in [1.54, 1.807) is 0 Å². The molecule has 0 aliphatic heterocycles. The summed E-state index contributed by atoms with van der Waals surface area (Å²) in [4.78, 5) is 0. The van der Waals surface area contributed by atoms with Crippen LogP contribution in [0.3, 0.4) is 0 Å². The van der Waals surface area contributed by atoms with Crippen LogP contribution in [0, 0.1) is 0 Å². The summed E-state index contributed by atoms with van der Waals surface area (Å²) < 4.78 is 0. The summed E-state index contributed by atoms with van der Waals surface area (Å²) in [6.45, 7) is 0. The standard InChI is InChI=1S/3H2O.O.2H3P.Zn/h3*1H2;;2*1H3;/q;;;-2;;;+2. The molecular weight excluding hydrogens is 191 g/mol. The van der Waals surface area contributed by atoms with Gasteiger partial charge in [0.1, 0.15) is 0 Å². The molecule has 0 aliphatic carbocycles. The molecule has 2 unspecified atom stereocenters. The Kier molecular flexibility index (Phi) is 6090. The van der Waals surface area contributed by atoms with Gasteiger partial charge in [0.25, 0.3) is 0 Å². The van der Waals surface area contributed by atoms with E-state index in [4.69, 9.17) is 0 Å². The minimum absolute atomic E-state index is 0. The van der Waals surface area contributed by atoms with Crippen molar-refractivity contribution in [3.8, 4) is 0 Å². The average molecular weight is 203 g/mol. The van der Waals surface area contributed by atoms with E-state index in [9.17, 15) is 0 Å². The Morgan fingerprint density at radius 1 is 0.571 bits per heavy atom. The van der Waals surface area contributed by atoms with Crippen LogP contribution in [0.5, 0.6) is 0 Å². The van der Waals surface area contributed by atoms with Crippen molar-refractivity contribution in [1.82, 2.24) is 0 Å². The maximum atomic E-state index is 0. The Morgan fingerprint density at radius 2 is 0.571 bits per heavy atom. The third kappa shape index (κ3) is 119. The van der Waals surface area contributed by atoms with Crippen LogP contribution in [0.15, 0.2) is 0 Å². The Morgan fingerprint density at radius 3 is 0.571 bits per heavy atom. The SMILES string of the molecule is O.O.O.P.P.[O-2].[Zn+2]. The number of hydrogen-bond donors (Lipinski definition) is 0. The molecule has 0 rings (SSSR count). The second kappa shape index (κ2) is 167. The maximum absolute atomic E-state index is 0. The van der Waals surface area contributed by atoms with Gasteiger partial charge in [0.15, 0.2) is 0 Å². The first-order valence-corrected chi connectivity index (χ1v) is 0. The summed E-state index contributed by atoms with van der Waals surface area (Å²) >= 11 is 0. The zero-order valence-corrected chi connectivity index (χ0v) is 9.83. The topological polar surface area (TPSA) is 123 Å². The molecule has 0 saturated heterocycles. The minimum Gasteiger partial charge on any atom is -2.00 e. The van der Waals surface area contributed by atoms with Crippen LogP contribution in [-0.4, -0.2) is 16.4 Å². The molecule has 0 aromatic rings. The Labute approximate surface area is 61.7 Å². The average Bonchev–Trinajstić information content (AvgIpc) is 0. The minimum atomic E-state index is 0. The Balaban J connectivity index is 0. The summed E-state index contributed by atoms with van der Waals surface area (Å²) in [6.07, 6.45) is 0. The summed E-state index contributed by atoms with van der Waals surface area (Å²) in [5.41, 5.74) is 0. The molecule has 0 amide bonds. The van der Waals surface area contributed by atoms with E-state index < -0.39 is 0 Å². The van der Waals surface area contributed by atoms with Crippen LogP contribution in [0.25, 0.3) is 0 Å². The van der Waals surface area contributed by atoms with Gasteiger partial charge in [0, 0.05) is 0 Å². The fourth-order valence-corrected chi connectivity index (χ4v) is 0. The van der Waals surface area contributed by atoms with E-state index in [0.29, 0.717) is 0 Å². The molecule has 0 aliphatic rings. The zero-order valence-electron chi connectivity index (χ0n) is 4.03. The van der Waals surface area contributed by atoms with Crippen molar-refractivity contribution >= 4 is 19.8 Å². The fourth-order valence-electron chi connectivity index (χ4n) is 0. The van der Waals surface area contributed by atoms with E-state index in [-0.39, 0.29) is 61.2 Å². The van der Waals surface area contributed by atoms with E-state index >= 15 is 0 Å². The van der Waals surface area contributed by atoms with Crippen LogP contribution in [0.1, 0.15) is 0 Å². The largest absolute Gasteiger partial charge is 2.00 e. The van der Waals surface area contributed by atoms with Crippen LogP contribution in [0.2, 0.25) is 0 Å². The molecule has 7 heavy (non-hydrogen) atoms. The van der Waals surface area contributed by atoms with Crippen LogP contribution < -0.4 is 0 Å². The Bertz CT molecular complexity index is 9.65. The molecule has 0 aromatic carbocycles. The molecule has 4 nitrogen and oxygen atoms in total. The quantitative estimate of drug-likeness (QED) is 0.306. The second-order valence-electron chi connectivity index (χ2n) is 0. The van der Waals surface area contributed by atoms with Crippen molar-refractivity contribution in [3.63, 3.8) is 0 Å². The van der Waals surface area contributed by atoms with Crippen molar-refractivity contribution in [3.05, 3.63) is 0 Å². The monoisotopic (exact) mass is 202 g/mol. The van der Waals surface area contributed by atoms with Gasteiger partial charge in [-0.15, -0.1) is 0 Å². The zero-order chi connectivity index (χ0) is 0. The third-order valence-corrected chi connectivity index (χ3v) is 0. The van der Waals surface area contributed by atoms with Crippen LogP contribution >= 0.6 is 19.8 Å². The molecule has 0 saturated carbocycles. The molecule has 6 N–H and O–H groups in total. The molecule has 0 bridgehead atoms. The first-order valence-electron chi connectivity index (χ1n) is 0. The van der Waals surface area contributed by atoms with Crippen LogP contribution in [-0.2, 0) is 25.0 Å². The molecule has 0 spiro atoms. The predicted molar refractivity (Wildman–Crippen MR) is 33.7 cm³/mol. The van der Waals surface area contributed by atoms with Crippen molar-refractivity contribution in [2.24, 2.45) is 0 Å². The van der Waals surface area contributed by atoms with Gasteiger partial charge in [0.05, 0.1) is 0 Å². The van der Waals surface area contributed by atoms with E-state index in [1.165, 1.54) is 0 Å². The summed E-state index contributed by atoms with van der Waals surface area (Å²) in [5, 5.41) is 0.